The van der Waals surface area contributed by atoms with Crippen molar-refractivity contribution in [3.8, 4) is 11.3 Å². The minimum atomic E-state index is 0.845. The lowest BCUT2D eigenvalue weighted by atomic mass is 10.1. The summed E-state index contributed by atoms with van der Waals surface area (Å²) in [5.74, 6) is 0. The van der Waals surface area contributed by atoms with Crippen molar-refractivity contribution in [2.45, 2.75) is 6.92 Å². The Kier molecular flexibility index (Phi) is 4.24. The average Bonchev–Trinajstić information content (AvgIpc) is 3.11. The van der Waals surface area contributed by atoms with Crippen LogP contribution in [0.15, 0.2) is 49.2 Å². The standard InChI is InChI=1S/C20H23N5/c1-3-17-7-10-20-21-15-19(25(20)22-17)16-5-8-18(9-6-16)24-13-11-23(4-2)12-14-24/h3,5-10,15H,1,4,11-14H2,2H3. The van der Waals surface area contributed by atoms with Crippen LogP contribution in [0, 0.1) is 0 Å². The first-order valence-corrected chi connectivity index (χ1v) is 8.83. The second kappa shape index (κ2) is 6.69. The molecule has 1 fully saturated rings. The first kappa shape index (κ1) is 15.8. The zero-order valence-electron chi connectivity index (χ0n) is 14.6. The summed E-state index contributed by atoms with van der Waals surface area (Å²) in [4.78, 5) is 9.40. The third-order valence-corrected chi connectivity index (χ3v) is 4.94. The minimum absolute atomic E-state index is 0.845. The Hall–Kier alpha value is -2.66. The van der Waals surface area contributed by atoms with E-state index < -0.39 is 0 Å². The monoisotopic (exact) mass is 333 g/mol. The summed E-state index contributed by atoms with van der Waals surface area (Å²) < 4.78 is 1.88. The van der Waals surface area contributed by atoms with Crippen molar-refractivity contribution in [2.24, 2.45) is 0 Å². The summed E-state index contributed by atoms with van der Waals surface area (Å²) >= 11 is 0. The number of imidazole rings is 1. The van der Waals surface area contributed by atoms with Crippen LogP contribution >= 0.6 is 0 Å². The van der Waals surface area contributed by atoms with E-state index in [1.165, 1.54) is 5.69 Å². The number of aromatic nitrogens is 3. The molecule has 0 N–H and O–H groups in total. The van der Waals surface area contributed by atoms with Gasteiger partial charge in [-0.05, 0) is 36.9 Å². The van der Waals surface area contributed by atoms with Gasteiger partial charge in [0.1, 0.15) is 0 Å². The maximum atomic E-state index is 4.58. The number of nitrogens with zero attached hydrogens (tertiary/aromatic N) is 5. The second-order valence-electron chi connectivity index (χ2n) is 6.34. The van der Waals surface area contributed by atoms with Gasteiger partial charge in [0.05, 0.1) is 17.6 Å². The third kappa shape index (κ3) is 3.03. The number of hydrogen-bond donors (Lipinski definition) is 0. The molecule has 1 aromatic carbocycles. The highest BCUT2D eigenvalue weighted by Crippen LogP contribution is 2.24. The van der Waals surface area contributed by atoms with Crippen LogP contribution in [-0.2, 0) is 0 Å². The van der Waals surface area contributed by atoms with Gasteiger partial charge in [-0.2, -0.15) is 5.10 Å². The molecule has 0 amide bonds. The van der Waals surface area contributed by atoms with Crippen LogP contribution < -0.4 is 4.90 Å². The SMILES string of the molecule is C=Cc1ccc2ncc(-c3ccc(N4CCN(CC)CC4)cc3)n2n1. The molecule has 0 radical (unpaired) electrons. The van der Waals surface area contributed by atoms with Crippen molar-refractivity contribution < 1.29 is 0 Å². The predicted octanol–water partition coefficient (Wildman–Crippen LogP) is 3.18. The molecule has 1 aliphatic rings. The summed E-state index contributed by atoms with van der Waals surface area (Å²) in [5, 5.41) is 4.58. The van der Waals surface area contributed by atoms with Crippen LogP contribution in [0.5, 0.6) is 0 Å². The van der Waals surface area contributed by atoms with Crippen molar-refractivity contribution in [1.82, 2.24) is 19.5 Å². The number of likely N-dealkylation sites (N-methyl/N-ethyl adjacent to an activating group) is 1. The van der Waals surface area contributed by atoms with Gasteiger partial charge in [0.25, 0.3) is 0 Å². The highest BCUT2D eigenvalue weighted by Gasteiger charge is 2.16. The smallest absolute Gasteiger partial charge is 0.154 e. The molecule has 5 heteroatoms. The van der Waals surface area contributed by atoms with Crippen molar-refractivity contribution in [1.29, 1.82) is 0 Å². The van der Waals surface area contributed by atoms with E-state index >= 15 is 0 Å². The van der Waals surface area contributed by atoms with Crippen molar-refractivity contribution in [2.75, 3.05) is 37.6 Å². The number of rotatable bonds is 4. The highest BCUT2D eigenvalue weighted by molar-refractivity contribution is 5.66. The molecule has 1 saturated heterocycles. The quantitative estimate of drug-likeness (QED) is 0.735. The maximum Gasteiger partial charge on any atom is 0.154 e. The summed E-state index contributed by atoms with van der Waals surface area (Å²) in [7, 11) is 0. The highest BCUT2D eigenvalue weighted by atomic mass is 15.3. The molecule has 5 nitrogen and oxygen atoms in total. The number of hydrogen-bond acceptors (Lipinski definition) is 4. The molecule has 0 unspecified atom stereocenters. The van der Waals surface area contributed by atoms with Gasteiger partial charge >= 0.3 is 0 Å². The fraction of sp³-hybridized carbons (Fsp3) is 0.300. The van der Waals surface area contributed by atoms with E-state index in [4.69, 9.17) is 0 Å². The number of fused-ring (bicyclic) bond motifs is 1. The molecule has 0 bridgehead atoms. The van der Waals surface area contributed by atoms with E-state index in [-0.39, 0.29) is 0 Å². The Morgan fingerprint density at radius 3 is 2.48 bits per heavy atom. The molecule has 128 valence electrons. The van der Waals surface area contributed by atoms with Crippen LogP contribution in [0.1, 0.15) is 12.6 Å². The fourth-order valence-electron chi connectivity index (χ4n) is 3.36. The van der Waals surface area contributed by atoms with Gasteiger partial charge < -0.3 is 9.80 Å². The van der Waals surface area contributed by atoms with E-state index in [9.17, 15) is 0 Å². The molecular weight excluding hydrogens is 310 g/mol. The number of piperazine rings is 1. The van der Waals surface area contributed by atoms with Gasteiger partial charge in [0.15, 0.2) is 5.65 Å². The van der Waals surface area contributed by atoms with Crippen LogP contribution in [0.3, 0.4) is 0 Å². The van der Waals surface area contributed by atoms with Gasteiger partial charge in [0.2, 0.25) is 0 Å². The second-order valence-corrected chi connectivity index (χ2v) is 6.34. The molecule has 0 saturated carbocycles. The summed E-state index contributed by atoms with van der Waals surface area (Å²) in [5.41, 5.74) is 5.10. The van der Waals surface area contributed by atoms with E-state index in [0.717, 1.165) is 55.3 Å². The van der Waals surface area contributed by atoms with Gasteiger partial charge in [-0.1, -0.05) is 25.6 Å². The first-order chi connectivity index (χ1) is 12.3. The molecule has 2 aromatic heterocycles. The van der Waals surface area contributed by atoms with Gasteiger partial charge in [0, 0.05) is 37.4 Å². The summed E-state index contributed by atoms with van der Waals surface area (Å²) in [6.45, 7) is 11.6. The van der Waals surface area contributed by atoms with E-state index in [1.54, 1.807) is 6.08 Å². The lowest BCUT2D eigenvalue weighted by Crippen LogP contribution is -2.46. The largest absolute Gasteiger partial charge is 0.369 e. The van der Waals surface area contributed by atoms with Crippen LogP contribution in [0.25, 0.3) is 23.0 Å². The van der Waals surface area contributed by atoms with Crippen molar-refractivity contribution in [3.63, 3.8) is 0 Å². The predicted molar refractivity (Wildman–Crippen MR) is 103 cm³/mol. The van der Waals surface area contributed by atoms with E-state index in [0.29, 0.717) is 0 Å². The third-order valence-electron chi connectivity index (χ3n) is 4.94. The lowest BCUT2D eigenvalue weighted by molar-refractivity contribution is 0.271. The van der Waals surface area contributed by atoms with Crippen LogP contribution in [0.2, 0.25) is 0 Å². The van der Waals surface area contributed by atoms with Crippen LogP contribution in [0.4, 0.5) is 5.69 Å². The fourth-order valence-corrected chi connectivity index (χ4v) is 3.36. The molecule has 0 spiro atoms. The topological polar surface area (TPSA) is 36.7 Å². The van der Waals surface area contributed by atoms with Crippen molar-refractivity contribution >= 4 is 17.4 Å². The maximum absolute atomic E-state index is 4.58. The Morgan fingerprint density at radius 1 is 1.04 bits per heavy atom. The molecule has 1 aliphatic heterocycles. The zero-order chi connectivity index (χ0) is 17.2. The zero-order valence-corrected chi connectivity index (χ0v) is 14.6. The molecule has 25 heavy (non-hydrogen) atoms. The van der Waals surface area contributed by atoms with Gasteiger partial charge in [-0.25, -0.2) is 9.50 Å². The Bertz CT molecular complexity index is 873. The van der Waals surface area contributed by atoms with Gasteiger partial charge in [-0.3, -0.25) is 0 Å². The molecule has 0 atom stereocenters. The Labute approximate surface area is 148 Å². The normalized spacial score (nSPS) is 15.6. The summed E-state index contributed by atoms with van der Waals surface area (Å²) in [6, 6.07) is 12.6. The average molecular weight is 333 g/mol. The van der Waals surface area contributed by atoms with E-state index in [2.05, 4.69) is 57.7 Å². The Balaban J connectivity index is 1.59. The molecular formula is C20H23N5. The van der Waals surface area contributed by atoms with Crippen LogP contribution in [-0.4, -0.2) is 52.2 Å². The minimum Gasteiger partial charge on any atom is -0.369 e. The lowest BCUT2D eigenvalue weighted by Gasteiger charge is -2.35. The molecule has 4 rings (SSSR count). The molecule has 3 heterocycles. The molecule has 3 aromatic rings. The van der Waals surface area contributed by atoms with Crippen molar-refractivity contribution in [3.05, 3.63) is 54.9 Å². The van der Waals surface area contributed by atoms with Gasteiger partial charge in [-0.15, -0.1) is 0 Å². The number of benzene rings is 1. The van der Waals surface area contributed by atoms with E-state index in [1.807, 2.05) is 22.8 Å². The molecule has 0 aliphatic carbocycles. The first-order valence-electron chi connectivity index (χ1n) is 8.83. The number of anilines is 1. The Morgan fingerprint density at radius 2 is 1.80 bits per heavy atom. The summed E-state index contributed by atoms with van der Waals surface area (Å²) in [6.07, 6.45) is 3.63.